The zero-order valence-corrected chi connectivity index (χ0v) is 17.5. The Hall–Kier alpha value is -3.59. The SMILES string of the molecule is Cc1c(-c2ccc3c(OCc4ccccc4)ccc(C4CC4)c3n2)oc2ccccc12. The van der Waals surface area contributed by atoms with E-state index in [0.717, 1.165) is 50.2 Å². The molecule has 0 amide bonds. The van der Waals surface area contributed by atoms with Crippen molar-refractivity contribution < 1.29 is 9.15 Å². The molecule has 0 spiro atoms. The third-order valence-corrected chi connectivity index (χ3v) is 6.18. The lowest BCUT2D eigenvalue weighted by atomic mass is 10.0. The number of rotatable bonds is 5. The molecule has 0 radical (unpaired) electrons. The van der Waals surface area contributed by atoms with E-state index in [1.54, 1.807) is 0 Å². The third kappa shape index (κ3) is 3.27. The molecule has 3 nitrogen and oxygen atoms in total. The van der Waals surface area contributed by atoms with E-state index < -0.39 is 0 Å². The number of hydrogen-bond acceptors (Lipinski definition) is 3. The van der Waals surface area contributed by atoms with Crippen molar-refractivity contribution in [3.8, 4) is 17.2 Å². The second kappa shape index (κ2) is 7.28. The molecule has 6 rings (SSSR count). The molecule has 3 heteroatoms. The predicted molar refractivity (Wildman–Crippen MR) is 124 cm³/mol. The Labute approximate surface area is 181 Å². The number of aryl methyl sites for hydroxylation is 1. The maximum absolute atomic E-state index is 6.21. The van der Waals surface area contributed by atoms with E-state index in [4.69, 9.17) is 14.1 Å². The maximum atomic E-state index is 6.21. The number of hydrogen-bond donors (Lipinski definition) is 0. The highest BCUT2D eigenvalue weighted by Gasteiger charge is 2.27. The fourth-order valence-corrected chi connectivity index (χ4v) is 4.34. The van der Waals surface area contributed by atoms with Crippen LogP contribution in [0.15, 0.2) is 83.3 Å². The fraction of sp³-hybridized carbons (Fsp3) is 0.179. The van der Waals surface area contributed by atoms with Crippen molar-refractivity contribution in [2.45, 2.75) is 32.3 Å². The first-order valence-electron chi connectivity index (χ1n) is 10.9. The number of nitrogens with zero attached hydrogens (tertiary/aromatic N) is 1. The lowest BCUT2D eigenvalue weighted by molar-refractivity contribution is 0.310. The standard InChI is InChI=1S/C28H23NO2/c1-18-21-9-5-6-10-26(21)31-28(18)24-15-13-23-25(30-17-19-7-3-2-4-8-19)16-14-22(20-11-12-20)27(23)29-24/h2-10,13-16,20H,11-12,17H2,1H3. The van der Waals surface area contributed by atoms with Crippen LogP contribution in [0.5, 0.6) is 5.75 Å². The zero-order chi connectivity index (χ0) is 20.8. The van der Waals surface area contributed by atoms with Gasteiger partial charge in [-0.15, -0.1) is 0 Å². The summed E-state index contributed by atoms with van der Waals surface area (Å²) in [5, 5.41) is 2.21. The minimum atomic E-state index is 0.545. The van der Waals surface area contributed by atoms with Gasteiger partial charge in [-0.1, -0.05) is 54.6 Å². The molecule has 0 bridgehead atoms. The summed E-state index contributed by atoms with van der Waals surface area (Å²) >= 11 is 0. The van der Waals surface area contributed by atoms with Gasteiger partial charge in [0.15, 0.2) is 5.76 Å². The first-order valence-corrected chi connectivity index (χ1v) is 10.9. The Kier molecular flexibility index (Phi) is 4.27. The van der Waals surface area contributed by atoms with Crippen molar-refractivity contribution >= 4 is 21.9 Å². The molecule has 1 saturated carbocycles. The minimum Gasteiger partial charge on any atom is -0.488 e. The molecule has 3 aromatic carbocycles. The molecule has 0 saturated heterocycles. The van der Waals surface area contributed by atoms with Crippen LogP contribution in [0.3, 0.4) is 0 Å². The molecule has 0 atom stereocenters. The van der Waals surface area contributed by atoms with Crippen LogP contribution in [0.4, 0.5) is 0 Å². The highest BCUT2D eigenvalue weighted by molar-refractivity contribution is 5.92. The molecule has 0 unspecified atom stereocenters. The average Bonchev–Trinajstić information content (AvgIpc) is 3.61. The van der Waals surface area contributed by atoms with Gasteiger partial charge in [0.25, 0.3) is 0 Å². The van der Waals surface area contributed by atoms with Gasteiger partial charge in [-0.2, -0.15) is 0 Å². The van der Waals surface area contributed by atoms with E-state index in [1.165, 1.54) is 18.4 Å². The van der Waals surface area contributed by atoms with Crippen LogP contribution >= 0.6 is 0 Å². The maximum Gasteiger partial charge on any atom is 0.156 e. The molecule has 1 aliphatic carbocycles. The van der Waals surface area contributed by atoms with Gasteiger partial charge in [0.1, 0.15) is 23.6 Å². The third-order valence-electron chi connectivity index (χ3n) is 6.18. The summed E-state index contributed by atoms with van der Waals surface area (Å²) in [6.07, 6.45) is 2.46. The molecular weight excluding hydrogens is 382 g/mol. The van der Waals surface area contributed by atoms with Crippen LogP contribution in [-0.4, -0.2) is 4.98 Å². The highest BCUT2D eigenvalue weighted by Crippen LogP contribution is 2.45. The van der Waals surface area contributed by atoms with Crippen LogP contribution in [0.25, 0.3) is 33.3 Å². The lowest BCUT2D eigenvalue weighted by Crippen LogP contribution is -1.98. The first kappa shape index (κ1) is 18.2. The molecule has 5 aromatic rings. The summed E-state index contributed by atoms with van der Waals surface area (Å²) in [7, 11) is 0. The summed E-state index contributed by atoms with van der Waals surface area (Å²) in [5.74, 6) is 2.33. The van der Waals surface area contributed by atoms with Crippen LogP contribution in [0.1, 0.15) is 35.4 Å². The summed E-state index contributed by atoms with van der Waals surface area (Å²) < 4.78 is 12.4. The van der Waals surface area contributed by atoms with Gasteiger partial charge in [-0.25, -0.2) is 4.98 Å². The highest BCUT2D eigenvalue weighted by atomic mass is 16.5. The normalized spacial score (nSPS) is 13.7. The van der Waals surface area contributed by atoms with E-state index in [2.05, 4.69) is 49.4 Å². The van der Waals surface area contributed by atoms with Crippen molar-refractivity contribution in [3.05, 3.63) is 95.6 Å². The predicted octanol–water partition coefficient (Wildman–Crippen LogP) is 7.41. The quantitative estimate of drug-likeness (QED) is 0.305. The van der Waals surface area contributed by atoms with E-state index >= 15 is 0 Å². The van der Waals surface area contributed by atoms with Crippen molar-refractivity contribution in [2.75, 3.05) is 0 Å². The van der Waals surface area contributed by atoms with Crippen LogP contribution in [0, 0.1) is 6.92 Å². The van der Waals surface area contributed by atoms with Gasteiger partial charge < -0.3 is 9.15 Å². The van der Waals surface area contributed by atoms with Crippen LogP contribution in [0.2, 0.25) is 0 Å². The number of ether oxygens (including phenoxy) is 1. The van der Waals surface area contributed by atoms with Crippen LogP contribution in [-0.2, 0) is 6.61 Å². The first-order chi connectivity index (χ1) is 15.3. The monoisotopic (exact) mass is 405 g/mol. The average molecular weight is 405 g/mol. The number of furan rings is 1. The Morgan fingerprint density at radius 1 is 0.871 bits per heavy atom. The number of benzene rings is 3. The van der Waals surface area contributed by atoms with Gasteiger partial charge >= 0.3 is 0 Å². The van der Waals surface area contributed by atoms with E-state index in [1.807, 2.05) is 36.4 Å². The van der Waals surface area contributed by atoms with Gasteiger partial charge in [-0.05, 0) is 61.1 Å². The number of pyridine rings is 1. The second-order valence-electron chi connectivity index (χ2n) is 8.35. The Morgan fingerprint density at radius 2 is 1.68 bits per heavy atom. The molecular formula is C28H23NO2. The molecule has 0 aliphatic heterocycles. The topological polar surface area (TPSA) is 35.3 Å². The van der Waals surface area contributed by atoms with Gasteiger partial charge in [0.2, 0.25) is 0 Å². The molecule has 1 aliphatic rings. The molecule has 31 heavy (non-hydrogen) atoms. The largest absolute Gasteiger partial charge is 0.488 e. The Morgan fingerprint density at radius 3 is 2.48 bits per heavy atom. The molecule has 2 aromatic heterocycles. The smallest absolute Gasteiger partial charge is 0.156 e. The van der Waals surface area contributed by atoms with Crippen molar-refractivity contribution in [1.29, 1.82) is 0 Å². The zero-order valence-electron chi connectivity index (χ0n) is 17.5. The van der Waals surface area contributed by atoms with Crippen molar-refractivity contribution in [1.82, 2.24) is 4.98 Å². The molecule has 2 heterocycles. The second-order valence-corrected chi connectivity index (χ2v) is 8.35. The summed E-state index contributed by atoms with van der Waals surface area (Å²) in [4.78, 5) is 5.10. The van der Waals surface area contributed by atoms with Gasteiger partial charge in [0, 0.05) is 16.3 Å². The molecule has 0 N–H and O–H groups in total. The summed E-state index contributed by atoms with van der Waals surface area (Å²) in [6, 6.07) is 26.9. The van der Waals surface area contributed by atoms with E-state index in [-0.39, 0.29) is 0 Å². The lowest BCUT2D eigenvalue weighted by Gasteiger charge is -2.13. The Balaban J connectivity index is 1.45. The van der Waals surface area contributed by atoms with Crippen molar-refractivity contribution in [2.24, 2.45) is 0 Å². The van der Waals surface area contributed by atoms with Gasteiger partial charge in [0.05, 0.1) is 5.52 Å². The summed E-state index contributed by atoms with van der Waals surface area (Å²) in [5.41, 5.74) is 6.42. The minimum absolute atomic E-state index is 0.545. The van der Waals surface area contributed by atoms with Crippen LogP contribution < -0.4 is 4.74 Å². The fourth-order valence-electron chi connectivity index (χ4n) is 4.34. The number of fused-ring (bicyclic) bond motifs is 2. The van der Waals surface area contributed by atoms with E-state index in [9.17, 15) is 0 Å². The van der Waals surface area contributed by atoms with Crippen molar-refractivity contribution in [3.63, 3.8) is 0 Å². The van der Waals surface area contributed by atoms with Gasteiger partial charge in [-0.3, -0.25) is 0 Å². The number of aromatic nitrogens is 1. The Bertz CT molecular complexity index is 1400. The molecule has 152 valence electrons. The number of para-hydroxylation sites is 1. The summed E-state index contributed by atoms with van der Waals surface area (Å²) in [6.45, 7) is 2.65. The molecule has 1 fully saturated rings. The van der Waals surface area contributed by atoms with E-state index in [0.29, 0.717) is 12.5 Å².